The molecule has 1 aliphatic rings. The van der Waals surface area contributed by atoms with Crippen molar-refractivity contribution in [3.05, 3.63) is 29.3 Å². The van der Waals surface area contributed by atoms with Gasteiger partial charge in [-0.1, -0.05) is 6.07 Å². The third kappa shape index (κ3) is 2.89. The van der Waals surface area contributed by atoms with Gasteiger partial charge < -0.3 is 10.6 Å². The van der Waals surface area contributed by atoms with Crippen molar-refractivity contribution in [2.75, 3.05) is 12.8 Å². The largest absolute Gasteiger partial charge is 0.398 e. The van der Waals surface area contributed by atoms with Crippen LogP contribution in [0.25, 0.3) is 0 Å². The zero-order chi connectivity index (χ0) is 15.6. The number of rotatable bonds is 5. The molecule has 0 saturated heterocycles. The first kappa shape index (κ1) is 15.0. The molecule has 3 amide bonds. The van der Waals surface area contributed by atoms with Crippen LogP contribution in [0.1, 0.15) is 35.7 Å². The first-order valence-corrected chi connectivity index (χ1v) is 6.85. The number of anilines is 1. The second kappa shape index (κ2) is 5.95. The van der Waals surface area contributed by atoms with Crippen molar-refractivity contribution in [1.82, 2.24) is 9.80 Å². The summed E-state index contributed by atoms with van der Waals surface area (Å²) in [5.74, 6) is -0.304. The standard InChI is InChI=1S/C15H19N3O3/c1-10(6-7-14(20)17(2)9-19)18-8-12-11(15(18)21)4-3-5-13(12)16/h3-5,9-10H,6-8,16H2,1-2H3. The zero-order valence-corrected chi connectivity index (χ0v) is 12.2. The van der Waals surface area contributed by atoms with Crippen LogP contribution in [0.3, 0.4) is 0 Å². The van der Waals surface area contributed by atoms with E-state index in [4.69, 9.17) is 5.73 Å². The summed E-state index contributed by atoms with van der Waals surface area (Å²) in [5.41, 5.74) is 8.01. The van der Waals surface area contributed by atoms with Gasteiger partial charge >= 0.3 is 0 Å². The molecule has 1 heterocycles. The SMILES string of the molecule is CC(CCC(=O)N(C)C=O)N1Cc2c(N)cccc2C1=O. The summed E-state index contributed by atoms with van der Waals surface area (Å²) < 4.78 is 0. The lowest BCUT2D eigenvalue weighted by molar-refractivity contribution is -0.136. The Balaban J connectivity index is 2.01. The molecule has 21 heavy (non-hydrogen) atoms. The lowest BCUT2D eigenvalue weighted by Gasteiger charge is -2.24. The number of carbonyl (C=O) groups is 3. The Hall–Kier alpha value is -2.37. The number of nitrogens with two attached hydrogens (primary N) is 1. The van der Waals surface area contributed by atoms with Gasteiger partial charge in [-0.3, -0.25) is 19.3 Å². The monoisotopic (exact) mass is 289 g/mol. The van der Waals surface area contributed by atoms with Crippen molar-refractivity contribution in [1.29, 1.82) is 0 Å². The molecule has 0 saturated carbocycles. The molecule has 6 heteroatoms. The maximum Gasteiger partial charge on any atom is 0.254 e. The summed E-state index contributed by atoms with van der Waals surface area (Å²) in [4.78, 5) is 37.2. The summed E-state index contributed by atoms with van der Waals surface area (Å²) in [5, 5.41) is 0. The lowest BCUT2D eigenvalue weighted by Crippen LogP contribution is -2.35. The van der Waals surface area contributed by atoms with Gasteiger partial charge in [0.15, 0.2) is 0 Å². The average Bonchev–Trinajstić information content (AvgIpc) is 2.82. The van der Waals surface area contributed by atoms with Gasteiger partial charge in [0.25, 0.3) is 5.91 Å². The third-order valence-electron chi connectivity index (χ3n) is 3.89. The molecule has 0 bridgehead atoms. The van der Waals surface area contributed by atoms with E-state index in [9.17, 15) is 14.4 Å². The first-order chi connectivity index (χ1) is 9.95. The summed E-state index contributed by atoms with van der Waals surface area (Å²) in [7, 11) is 1.43. The molecular formula is C15H19N3O3. The van der Waals surface area contributed by atoms with Crippen molar-refractivity contribution < 1.29 is 14.4 Å². The Bertz CT molecular complexity index is 586. The maximum atomic E-state index is 12.3. The minimum absolute atomic E-state index is 0.0546. The molecule has 6 nitrogen and oxygen atoms in total. The minimum atomic E-state index is -0.250. The smallest absolute Gasteiger partial charge is 0.254 e. The molecule has 1 unspecified atom stereocenters. The quantitative estimate of drug-likeness (QED) is 0.647. The molecule has 0 radical (unpaired) electrons. The molecule has 0 spiro atoms. The van der Waals surface area contributed by atoms with E-state index in [0.717, 1.165) is 10.5 Å². The highest BCUT2D eigenvalue weighted by Gasteiger charge is 2.31. The van der Waals surface area contributed by atoms with Gasteiger partial charge in [-0.15, -0.1) is 0 Å². The maximum absolute atomic E-state index is 12.3. The van der Waals surface area contributed by atoms with Gasteiger partial charge in [0, 0.05) is 42.9 Å². The fraction of sp³-hybridized carbons (Fsp3) is 0.400. The summed E-state index contributed by atoms with van der Waals surface area (Å²) >= 11 is 0. The van der Waals surface area contributed by atoms with Gasteiger partial charge in [-0.2, -0.15) is 0 Å². The Kier molecular flexibility index (Phi) is 4.26. The van der Waals surface area contributed by atoms with E-state index in [0.29, 0.717) is 30.6 Å². The van der Waals surface area contributed by atoms with Gasteiger partial charge in [0.2, 0.25) is 12.3 Å². The van der Waals surface area contributed by atoms with Crippen molar-refractivity contribution in [2.45, 2.75) is 32.4 Å². The Morgan fingerprint density at radius 1 is 1.52 bits per heavy atom. The van der Waals surface area contributed by atoms with Crippen molar-refractivity contribution >= 4 is 23.9 Å². The Morgan fingerprint density at radius 3 is 2.86 bits per heavy atom. The number of benzene rings is 1. The number of hydrogen-bond acceptors (Lipinski definition) is 4. The second-order valence-corrected chi connectivity index (χ2v) is 5.30. The molecule has 2 N–H and O–H groups in total. The third-order valence-corrected chi connectivity index (χ3v) is 3.89. The van der Waals surface area contributed by atoms with Crippen LogP contribution in [0.4, 0.5) is 5.69 Å². The van der Waals surface area contributed by atoms with E-state index in [-0.39, 0.29) is 24.3 Å². The van der Waals surface area contributed by atoms with Crippen molar-refractivity contribution in [3.63, 3.8) is 0 Å². The number of nitrogen functional groups attached to an aromatic ring is 1. The van der Waals surface area contributed by atoms with Gasteiger partial charge in [-0.05, 0) is 25.5 Å². The van der Waals surface area contributed by atoms with Crippen LogP contribution < -0.4 is 5.73 Å². The number of amides is 3. The van der Waals surface area contributed by atoms with E-state index < -0.39 is 0 Å². The van der Waals surface area contributed by atoms with Crippen LogP contribution in [0, 0.1) is 0 Å². The number of fused-ring (bicyclic) bond motifs is 1. The molecule has 2 rings (SSSR count). The van der Waals surface area contributed by atoms with E-state index in [2.05, 4.69) is 0 Å². The molecule has 0 aliphatic carbocycles. The topological polar surface area (TPSA) is 83.7 Å². The predicted molar refractivity (Wildman–Crippen MR) is 78.3 cm³/mol. The van der Waals surface area contributed by atoms with E-state index >= 15 is 0 Å². The summed E-state index contributed by atoms with van der Waals surface area (Å²) in [6, 6.07) is 5.23. The number of carbonyl (C=O) groups excluding carboxylic acids is 3. The van der Waals surface area contributed by atoms with Gasteiger partial charge in [0.1, 0.15) is 0 Å². The number of nitrogens with zero attached hydrogens (tertiary/aromatic N) is 2. The van der Waals surface area contributed by atoms with E-state index in [1.54, 1.807) is 23.1 Å². The normalized spacial score (nSPS) is 14.8. The molecular weight excluding hydrogens is 270 g/mol. The van der Waals surface area contributed by atoms with Crippen LogP contribution in [0.5, 0.6) is 0 Å². The van der Waals surface area contributed by atoms with Gasteiger partial charge in [-0.25, -0.2) is 0 Å². The Morgan fingerprint density at radius 2 is 2.24 bits per heavy atom. The highest BCUT2D eigenvalue weighted by molar-refractivity contribution is 6.00. The molecule has 0 aromatic heterocycles. The summed E-state index contributed by atoms with van der Waals surface area (Å²) in [6.07, 6.45) is 1.23. The number of hydrogen-bond donors (Lipinski definition) is 1. The lowest BCUT2D eigenvalue weighted by atomic mass is 10.1. The van der Waals surface area contributed by atoms with Crippen LogP contribution in [0.2, 0.25) is 0 Å². The summed E-state index contributed by atoms with van der Waals surface area (Å²) in [6.45, 7) is 2.37. The van der Waals surface area contributed by atoms with Crippen LogP contribution in [0.15, 0.2) is 18.2 Å². The van der Waals surface area contributed by atoms with Crippen LogP contribution in [-0.4, -0.2) is 41.1 Å². The van der Waals surface area contributed by atoms with Gasteiger partial charge in [0.05, 0.1) is 0 Å². The molecule has 0 fully saturated rings. The molecule has 1 atom stereocenters. The van der Waals surface area contributed by atoms with E-state index in [1.807, 2.05) is 6.92 Å². The average molecular weight is 289 g/mol. The van der Waals surface area contributed by atoms with Crippen molar-refractivity contribution in [2.24, 2.45) is 0 Å². The highest BCUT2D eigenvalue weighted by atomic mass is 16.2. The second-order valence-electron chi connectivity index (χ2n) is 5.30. The molecule has 1 aromatic carbocycles. The first-order valence-electron chi connectivity index (χ1n) is 6.85. The van der Waals surface area contributed by atoms with E-state index in [1.165, 1.54) is 7.05 Å². The van der Waals surface area contributed by atoms with Crippen LogP contribution >= 0.6 is 0 Å². The fourth-order valence-electron chi connectivity index (χ4n) is 2.46. The highest BCUT2D eigenvalue weighted by Crippen LogP contribution is 2.29. The Labute approximate surface area is 123 Å². The molecule has 1 aliphatic heterocycles. The fourth-order valence-corrected chi connectivity index (χ4v) is 2.46. The number of imide groups is 1. The zero-order valence-electron chi connectivity index (χ0n) is 12.2. The van der Waals surface area contributed by atoms with Crippen molar-refractivity contribution in [3.8, 4) is 0 Å². The minimum Gasteiger partial charge on any atom is -0.398 e. The molecule has 1 aromatic rings. The molecule has 112 valence electrons. The van der Waals surface area contributed by atoms with Crippen LogP contribution in [-0.2, 0) is 16.1 Å². The predicted octanol–water partition coefficient (Wildman–Crippen LogP) is 1.01.